The zero-order valence-electron chi connectivity index (χ0n) is 10.5. The van der Waals surface area contributed by atoms with Crippen molar-refractivity contribution in [3.05, 3.63) is 57.0 Å². The maximum atomic E-state index is 14.0. The lowest BCUT2D eigenvalue weighted by molar-refractivity contribution is 0.384. The third kappa shape index (κ3) is 3.22. The first-order valence-electron chi connectivity index (χ1n) is 5.72. The summed E-state index contributed by atoms with van der Waals surface area (Å²) in [6, 6.07) is 7.35. The fourth-order valence-corrected chi connectivity index (χ4v) is 2.70. The number of anilines is 1. The third-order valence-electron chi connectivity index (χ3n) is 2.73. The molecule has 0 aromatic heterocycles. The van der Waals surface area contributed by atoms with Gasteiger partial charge in [-0.2, -0.15) is 0 Å². The van der Waals surface area contributed by atoms with E-state index < -0.39 is 11.6 Å². The summed E-state index contributed by atoms with van der Waals surface area (Å²) >= 11 is 9.16. The molecule has 1 N–H and O–H groups in total. The number of methoxy groups -OCH3 is 1. The van der Waals surface area contributed by atoms with Gasteiger partial charge < -0.3 is 10.1 Å². The molecule has 0 saturated heterocycles. The van der Waals surface area contributed by atoms with E-state index in [0.29, 0.717) is 15.7 Å². The van der Waals surface area contributed by atoms with Crippen molar-refractivity contribution in [2.45, 2.75) is 6.54 Å². The molecule has 2 nitrogen and oxygen atoms in total. The van der Waals surface area contributed by atoms with E-state index in [9.17, 15) is 8.78 Å². The Balaban J connectivity index is 2.21. The van der Waals surface area contributed by atoms with E-state index in [0.717, 1.165) is 0 Å². The first-order chi connectivity index (χ1) is 9.52. The molecule has 0 heterocycles. The predicted molar refractivity (Wildman–Crippen MR) is 79.4 cm³/mol. The largest absolute Gasteiger partial charge is 0.494 e. The van der Waals surface area contributed by atoms with Gasteiger partial charge in [0.1, 0.15) is 5.82 Å². The monoisotopic (exact) mass is 361 g/mol. The summed E-state index contributed by atoms with van der Waals surface area (Å²) in [5.41, 5.74) is 0.937. The Bertz CT molecular complexity index is 614. The van der Waals surface area contributed by atoms with Crippen LogP contribution in [-0.2, 0) is 6.54 Å². The van der Waals surface area contributed by atoms with E-state index in [4.69, 9.17) is 16.3 Å². The van der Waals surface area contributed by atoms with Crippen molar-refractivity contribution in [3.8, 4) is 5.75 Å². The second-order valence-electron chi connectivity index (χ2n) is 4.03. The van der Waals surface area contributed by atoms with Crippen molar-refractivity contribution >= 4 is 33.2 Å². The number of hydrogen-bond acceptors (Lipinski definition) is 2. The molecule has 2 aromatic carbocycles. The van der Waals surface area contributed by atoms with Crippen LogP contribution in [0.2, 0.25) is 5.02 Å². The van der Waals surface area contributed by atoms with Gasteiger partial charge in [-0.3, -0.25) is 0 Å². The molecule has 0 aliphatic heterocycles. The Hall–Kier alpha value is -1.33. The van der Waals surface area contributed by atoms with Crippen molar-refractivity contribution in [1.82, 2.24) is 0 Å². The number of halogens is 4. The highest BCUT2D eigenvalue weighted by Crippen LogP contribution is 2.32. The average Bonchev–Trinajstić information content (AvgIpc) is 2.39. The molecule has 0 bridgehead atoms. The highest BCUT2D eigenvalue weighted by Gasteiger charge is 2.11. The quantitative estimate of drug-likeness (QED) is 0.826. The molecule has 0 amide bonds. The van der Waals surface area contributed by atoms with E-state index in [1.54, 1.807) is 18.2 Å². The summed E-state index contributed by atoms with van der Waals surface area (Å²) in [4.78, 5) is 0. The Morgan fingerprint density at radius 2 is 2.05 bits per heavy atom. The molecule has 0 fully saturated rings. The van der Waals surface area contributed by atoms with Crippen LogP contribution in [0.5, 0.6) is 5.75 Å². The van der Waals surface area contributed by atoms with Crippen molar-refractivity contribution in [2.24, 2.45) is 0 Å². The minimum Gasteiger partial charge on any atom is -0.494 e. The normalized spacial score (nSPS) is 10.4. The summed E-state index contributed by atoms with van der Waals surface area (Å²) in [5.74, 6) is -0.703. The molecule has 2 aromatic rings. The fourth-order valence-electron chi connectivity index (χ4n) is 1.75. The summed E-state index contributed by atoms with van der Waals surface area (Å²) in [6.45, 7) is 0.201. The van der Waals surface area contributed by atoms with Gasteiger partial charge in [-0.1, -0.05) is 23.7 Å². The van der Waals surface area contributed by atoms with Gasteiger partial charge in [-0.25, -0.2) is 8.78 Å². The average molecular weight is 363 g/mol. The van der Waals surface area contributed by atoms with Crippen LogP contribution in [0.3, 0.4) is 0 Å². The number of ether oxygens (including phenoxy) is 1. The zero-order valence-corrected chi connectivity index (χ0v) is 12.9. The van der Waals surface area contributed by atoms with Crippen LogP contribution in [0.15, 0.2) is 34.8 Å². The first kappa shape index (κ1) is 15.1. The number of rotatable bonds is 4. The van der Waals surface area contributed by atoms with Crippen LogP contribution in [-0.4, -0.2) is 7.11 Å². The van der Waals surface area contributed by atoms with E-state index in [-0.39, 0.29) is 17.3 Å². The van der Waals surface area contributed by atoms with Gasteiger partial charge in [0.25, 0.3) is 0 Å². The maximum Gasteiger partial charge on any atom is 0.170 e. The lowest BCUT2D eigenvalue weighted by atomic mass is 10.2. The van der Waals surface area contributed by atoms with E-state index in [2.05, 4.69) is 21.2 Å². The first-order valence-corrected chi connectivity index (χ1v) is 6.90. The number of nitrogens with one attached hydrogen (secondary N) is 1. The number of hydrogen-bond donors (Lipinski definition) is 1. The standard InChI is InChI=1S/C14H11BrClF2NO/c1-20-12-4-2-3-8(13(12)18)7-19-14-10(15)5-9(17)6-11(14)16/h2-6,19H,7H2,1H3. The molecule has 6 heteroatoms. The molecule has 0 radical (unpaired) electrons. The minimum absolute atomic E-state index is 0.175. The molecular weight excluding hydrogens is 352 g/mol. The van der Waals surface area contributed by atoms with Crippen molar-refractivity contribution in [1.29, 1.82) is 0 Å². The Kier molecular flexibility index (Phi) is 4.83. The van der Waals surface area contributed by atoms with Gasteiger partial charge in [-0.05, 0) is 34.1 Å². The molecule has 0 aliphatic rings. The van der Waals surface area contributed by atoms with Gasteiger partial charge in [0.15, 0.2) is 11.6 Å². The smallest absolute Gasteiger partial charge is 0.170 e. The molecule has 2 rings (SSSR count). The van der Waals surface area contributed by atoms with Gasteiger partial charge in [0, 0.05) is 16.6 Å². The van der Waals surface area contributed by atoms with Crippen molar-refractivity contribution < 1.29 is 13.5 Å². The fraction of sp³-hybridized carbons (Fsp3) is 0.143. The molecule has 0 spiro atoms. The van der Waals surface area contributed by atoms with Gasteiger partial charge in [0.2, 0.25) is 0 Å². The van der Waals surface area contributed by atoms with Gasteiger partial charge in [0.05, 0.1) is 17.8 Å². The highest BCUT2D eigenvalue weighted by atomic mass is 79.9. The molecule has 0 atom stereocenters. The Morgan fingerprint density at radius 3 is 2.70 bits per heavy atom. The SMILES string of the molecule is COc1cccc(CNc2c(Cl)cc(F)cc2Br)c1F. The summed E-state index contributed by atoms with van der Waals surface area (Å²) in [5, 5.41) is 3.20. The second kappa shape index (κ2) is 6.41. The van der Waals surface area contributed by atoms with E-state index in [1.165, 1.54) is 19.2 Å². The zero-order chi connectivity index (χ0) is 14.7. The maximum absolute atomic E-state index is 14.0. The van der Waals surface area contributed by atoms with Crippen LogP contribution < -0.4 is 10.1 Å². The van der Waals surface area contributed by atoms with Crippen LogP contribution >= 0.6 is 27.5 Å². The van der Waals surface area contributed by atoms with Crippen molar-refractivity contribution in [2.75, 3.05) is 12.4 Å². The summed E-state index contributed by atoms with van der Waals surface area (Å²) in [6.07, 6.45) is 0. The van der Waals surface area contributed by atoms with Crippen LogP contribution in [0, 0.1) is 11.6 Å². The molecule has 106 valence electrons. The molecule has 20 heavy (non-hydrogen) atoms. The van der Waals surface area contributed by atoms with E-state index >= 15 is 0 Å². The molecular formula is C14H11BrClF2NO. The Labute approximate surface area is 128 Å². The lowest BCUT2D eigenvalue weighted by Crippen LogP contribution is -2.04. The van der Waals surface area contributed by atoms with Gasteiger partial charge in [-0.15, -0.1) is 0 Å². The third-order valence-corrected chi connectivity index (χ3v) is 3.65. The number of benzene rings is 2. The second-order valence-corrected chi connectivity index (χ2v) is 5.29. The predicted octanol–water partition coefficient (Wildman–Crippen LogP) is 5.00. The highest BCUT2D eigenvalue weighted by molar-refractivity contribution is 9.10. The summed E-state index contributed by atoms with van der Waals surface area (Å²) < 4.78 is 32.5. The van der Waals surface area contributed by atoms with Crippen molar-refractivity contribution in [3.63, 3.8) is 0 Å². The Morgan fingerprint density at radius 1 is 1.30 bits per heavy atom. The summed E-state index contributed by atoms with van der Waals surface area (Å²) in [7, 11) is 1.41. The van der Waals surface area contributed by atoms with Crippen LogP contribution in [0.1, 0.15) is 5.56 Å². The van der Waals surface area contributed by atoms with Crippen LogP contribution in [0.4, 0.5) is 14.5 Å². The molecule has 0 unspecified atom stereocenters. The molecule has 0 aliphatic carbocycles. The lowest BCUT2D eigenvalue weighted by Gasteiger charge is -2.12. The van der Waals surface area contributed by atoms with Gasteiger partial charge >= 0.3 is 0 Å². The minimum atomic E-state index is -0.444. The molecule has 0 saturated carbocycles. The van der Waals surface area contributed by atoms with Crippen LogP contribution in [0.25, 0.3) is 0 Å². The topological polar surface area (TPSA) is 21.3 Å². The van der Waals surface area contributed by atoms with E-state index in [1.807, 2.05) is 0 Å².